The van der Waals surface area contributed by atoms with Crippen LogP contribution in [0.4, 0.5) is 0 Å². The Kier molecular flexibility index (Phi) is 10.3. The van der Waals surface area contributed by atoms with Crippen LogP contribution >= 0.6 is 0 Å². The molecule has 0 saturated carbocycles. The fraction of sp³-hybridized carbons (Fsp3) is 0.333. The number of hydrogen-bond donors (Lipinski definition) is 2. The van der Waals surface area contributed by atoms with E-state index in [1.807, 2.05) is 48.5 Å². The summed E-state index contributed by atoms with van der Waals surface area (Å²) >= 11 is 0. The quantitative estimate of drug-likeness (QED) is 0.157. The Morgan fingerprint density at radius 1 is 0.593 bits per heavy atom. The van der Waals surface area contributed by atoms with Crippen LogP contribution in [0.25, 0.3) is 10.8 Å². The lowest BCUT2D eigenvalue weighted by Gasteiger charge is -2.22. The lowest BCUT2D eigenvalue weighted by atomic mass is 10.0. The van der Waals surface area contributed by atoms with Crippen LogP contribution in [0.1, 0.15) is 93.0 Å². The summed E-state index contributed by atoms with van der Waals surface area (Å²) in [6, 6.07) is 30.0. The van der Waals surface area contributed by atoms with Gasteiger partial charge in [0.1, 0.15) is 12.1 Å². The Morgan fingerprint density at radius 3 is 1.44 bits per heavy atom. The number of aliphatic hydroxyl groups excluding tert-OH is 2. The minimum Gasteiger partial charge on any atom is -0.391 e. The van der Waals surface area contributed by atoms with Crippen LogP contribution < -0.4 is 0 Å². The molecule has 2 aromatic heterocycles. The predicted octanol–water partition coefficient (Wildman–Crippen LogP) is 5.85. The van der Waals surface area contributed by atoms with Gasteiger partial charge in [-0.15, -0.1) is 0 Å². The minimum absolute atomic E-state index is 0.152. The molecule has 2 saturated heterocycles. The number of nitrogens with zero attached hydrogens (tertiary/aromatic N) is 6. The lowest BCUT2D eigenvalue weighted by molar-refractivity contribution is 0.0688. The zero-order valence-electron chi connectivity index (χ0n) is 29.8. The molecule has 2 amide bonds. The molecule has 0 aliphatic carbocycles. The Balaban J connectivity index is 0.920. The summed E-state index contributed by atoms with van der Waals surface area (Å²) < 4.78 is 11.2. The number of aliphatic hydroxyl groups is 2. The van der Waals surface area contributed by atoms with Gasteiger partial charge in [-0.05, 0) is 71.8 Å². The fourth-order valence-corrected chi connectivity index (χ4v) is 7.59. The van der Waals surface area contributed by atoms with Gasteiger partial charge in [0.15, 0.2) is 11.6 Å². The Hall–Kier alpha value is -5.72. The topological polar surface area (TPSA) is 159 Å². The molecule has 8 rings (SSSR count). The summed E-state index contributed by atoms with van der Waals surface area (Å²) in [4.78, 5) is 40.1. The highest BCUT2D eigenvalue weighted by atomic mass is 16.5. The molecule has 4 aromatic carbocycles. The van der Waals surface area contributed by atoms with Crippen molar-refractivity contribution >= 4 is 22.6 Å². The third kappa shape index (κ3) is 7.80. The lowest BCUT2D eigenvalue weighted by Crippen LogP contribution is -2.32. The van der Waals surface area contributed by atoms with Crippen LogP contribution in [-0.4, -0.2) is 77.4 Å². The first kappa shape index (κ1) is 35.3. The third-order valence-corrected chi connectivity index (χ3v) is 10.4. The van der Waals surface area contributed by atoms with E-state index in [1.165, 1.54) is 11.1 Å². The van der Waals surface area contributed by atoms with Gasteiger partial charge >= 0.3 is 0 Å². The highest BCUT2D eigenvalue weighted by Crippen LogP contribution is 2.35. The van der Waals surface area contributed by atoms with E-state index in [0.29, 0.717) is 60.2 Å². The molecule has 0 bridgehead atoms. The van der Waals surface area contributed by atoms with Crippen molar-refractivity contribution in [2.24, 2.45) is 0 Å². The van der Waals surface area contributed by atoms with E-state index in [9.17, 15) is 19.8 Å². The molecule has 2 fully saturated rings. The molecular weight excluding hydrogens is 684 g/mol. The van der Waals surface area contributed by atoms with E-state index in [1.54, 1.807) is 34.1 Å². The first-order valence-corrected chi connectivity index (χ1v) is 18.6. The van der Waals surface area contributed by atoms with E-state index in [0.717, 1.165) is 36.5 Å². The maximum absolute atomic E-state index is 13.9. The summed E-state index contributed by atoms with van der Waals surface area (Å²) in [5.74, 6) is 1.30. The molecule has 12 nitrogen and oxygen atoms in total. The first-order chi connectivity index (χ1) is 26.4. The zero-order valence-corrected chi connectivity index (χ0v) is 29.8. The summed E-state index contributed by atoms with van der Waals surface area (Å²) in [5, 5.41) is 31.0. The number of amides is 2. The van der Waals surface area contributed by atoms with Crippen molar-refractivity contribution in [1.82, 2.24) is 30.1 Å². The summed E-state index contributed by atoms with van der Waals surface area (Å²) in [7, 11) is 0. The zero-order chi connectivity index (χ0) is 37.0. The highest BCUT2D eigenvalue weighted by molar-refractivity contribution is 6.02. The fourth-order valence-electron chi connectivity index (χ4n) is 7.59. The first-order valence-electron chi connectivity index (χ1n) is 18.6. The van der Waals surface area contributed by atoms with Crippen LogP contribution in [-0.2, 0) is 25.7 Å². The molecule has 276 valence electrons. The molecule has 0 unspecified atom stereocenters. The highest BCUT2D eigenvalue weighted by Gasteiger charge is 2.40. The predicted molar refractivity (Wildman–Crippen MR) is 198 cm³/mol. The Bertz CT molecular complexity index is 2070. The molecule has 2 aliphatic rings. The van der Waals surface area contributed by atoms with Crippen molar-refractivity contribution in [3.05, 3.63) is 143 Å². The molecule has 4 heterocycles. The van der Waals surface area contributed by atoms with Gasteiger partial charge in [-0.3, -0.25) is 9.59 Å². The van der Waals surface area contributed by atoms with Crippen molar-refractivity contribution in [2.75, 3.05) is 13.1 Å². The SMILES string of the molecule is O=C(c1ccc2cc(C(=O)N3C[C@H](O)C[C@H]3c3nc(CCCc4ccccc4)no3)ccc2c1)N1C[C@H](O)C[C@@H]1c1nc(CCCc2ccccc2)no1. The van der Waals surface area contributed by atoms with E-state index in [-0.39, 0.29) is 24.9 Å². The molecule has 0 radical (unpaired) electrons. The van der Waals surface area contributed by atoms with Gasteiger partial charge in [-0.2, -0.15) is 9.97 Å². The third-order valence-electron chi connectivity index (χ3n) is 10.4. The van der Waals surface area contributed by atoms with Gasteiger partial charge in [-0.25, -0.2) is 0 Å². The van der Waals surface area contributed by atoms with Crippen LogP contribution in [0, 0.1) is 0 Å². The molecule has 12 heteroatoms. The summed E-state index contributed by atoms with van der Waals surface area (Å²) in [6.45, 7) is 0.303. The van der Waals surface area contributed by atoms with Crippen molar-refractivity contribution in [2.45, 2.75) is 75.7 Å². The number of rotatable bonds is 12. The van der Waals surface area contributed by atoms with Gasteiger partial charge < -0.3 is 29.1 Å². The van der Waals surface area contributed by atoms with Crippen molar-refractivity contribution in [3.8, 4) is 0 Å². The maximum atomic E-state index is 13.9. The number of β-amino-alcohol motifs (C(OH)–C–C–N with tert-alkyl or cyclic N) is 2. The Morgan fingerprint density at radius 2 is 1.02 bits per heavy atom. The largest absolute Gasteiger partial charge is 0.391 e. The van der Waals surface area contributed by atoms with E-state index in [4.69, 9.17) is 9.05 Å². The molecular formula is C42H42N6O6. The van der Waals surface area contributed by atoms with Crippen molar-refractivity contribution < 1.29 is 28.8 Å². The van der Waals surface area contributed by atoms with Crippen LogP contribution in [0.2, 0.25) is 0 Å². The average molecular weight is 727 g/mol. The number of carbonyl (C=O) groups is 2. The smallest absolute Gasteiger partial charge is 0.254 e. The minimum atomic E-state index is -0.715. The van der Waals surface area contributed by atoms with Crippen LogP contribution in [0.3, 0.4) is 0 Å². The van der Waals surface area contributed by atoms with E-state index in [2.05, 4.69) is 44.5 Å². The average Bonchev–Trinajstić information content (AvgIpc) is 4.02. The second-order valence-electron chi connectivity index (χ2n) is 14.3. The molecule has 2 aliphatic heterocycles. The van der Waals surface area contributed by atoms with Crippen molar-refractivity contribution in [3.63, 3.8) is 0 Å². The van der Waals surface area contributed by atoms with Gasteiger partial charge in [0.25, 0.3) is 11.8 Å². The molecule has 0 spiro atoms. The number of fused-ring (bicyclic) bond motifs is 1. The van der Waals surface area contributed by atoms with Gasteiger partial charge in [0.2, 0.25) is 11.8 Å². The monoisotopic (exact) mass is 726 g/mol. The number of likely N-dealkylation sites (tertiary alicyclic amines) is 2. The number of benzene rings is 4. The number of carbonyl (C=O) groups excluding carboxylic acids is 2. The number of aromatic nitrogens is 4. The van der Waals surface area contributed by atoms with Gasteiger partial charge in [0.05, 0.1) is 12.2 Å². The van der Waals surface area contributed by atoms with E-state index >= 15 is 0 Å². The molecule has 6 aromatic rings. The van der Waals surface area contributed by atoms with Crippen LogP contribution in [0.5, 0.6) is 0 Å². The second-order valence-corrected chi connectivity index (χ2v) is 14.3. The Labute approximate surface area is 312 Å². The second kappa shape index (κ2) is 15.7. The standard InChI is InChI=1S/C42H42N6O6/c49-33-23-35(39-43-37(45-53-39)15-7-13-27-9-3-1-4-10-27)47(25-33)41(51)31-19-17-30-22-32(20-18-29(30)21-31)42(52)48-26-34(50)24-36(48)40-44-38(46-54-40)16-8-14-28-11-5-2-6-12-28/h1-6,9-12,17-22,33-36,49-50H,7-8,13-16,23-26H2/t33-,34-,35-,36+/m1/s1. The summed E-state index contributed by atoms with van der Waals surface area (Å²) in [5.41, 5.74) is 3.38. The van der Waals surface area contributed by atoms with E-state index < -0.39 is 24.3 Å². The van der Waals surface area contributed by atoms with Crippen molar-refractivity contribution in [1.29, 1.82) is 0 Å². The number of hydrogen-bond acceptors (Lipinski definition) is 10. The summed E-state index contributed by atoms with van der Waals surface area (Å²) in [6.07, 6.45) is 3.98. The van der Waals surface area contributed by atoms with Gasteiger partial charge in [-0.1, -0.05) is 83.1 Å². The molecule has 54 heavy (non-hydrogen) atoms. The molecule has 2 N–H and O–H groups in total. The maximum Gasteiger partial charge on any atom is 0.254 e. The number of aryl methyl sites for hydroxylation is 4. The van der Waals surface area contributed by atoms with Gasteiger partial charge in [0, 0.05) is 49.9 Å². The van der Waals surface area contributed by atoms with Crippen LogP contribution in [0.15, 0.2) is 106 Å². The normalized spacial score (nSPS) is 19.9. The molecule has 4 atom stereocenters.